The standard InChI is InChI=1S/C29H26FN3O7/c1-17(22-7-3-4-8-23(22)30)40-29(37)31-15-21-16-38-33-26(21)19-11-13-20(14-12-19)27(34)32-24-9-5-6-10-25(24)39-18(2)28(35)36/h3-14,16-18H,15H2,1-2H3,(H,31,37)(H,32,34)(H,35,36). The molecule has 0 radical (unpaired) electrons. The number of carbonyl (C=O) groups excluding carboxylic acids is 2. The first-order valence-electron chi connectivity index (χ1n) is 12.3. The van der Waals surface area contributed by atoms with Crippen LogP contribution in [0.3, 0.4) is 0 Å². The fraction of sp³-hybridized carbons (Fsp3) is 0.172. The van der Waals surface area contributed by atoms with Gasteiger partial charge < -0.3 is 29.7 Å². The SMILES string of the molecule is CC(Oc1ccccc1NC(=O)c1ccc(-c2nocc2CNC(=O)OC(C)c2ccccc2F)cc1)C(=O)O. The third-order valence-corrected chi connectivity index (χ3v) is 5.90. The minimum atomic E-state index is -1.13. The smallest absolute Gasteiger partial charge is 0.408 e. The number of carboxylic acids is 1. The van der Waals surface area contributed by atoms with Crippen molar-refractivity contribution < 1.29 is 37.9 Å². The highest BCUT2D eigenvalue weighted by Gasteiger charge is 2.18. The fourth-order valence-electron chi connectivity index (χ4n) is 3.75. The maximum atomic E-state index is 13.9. The monoisotopic (exact) mass is 547 g/mol. The van der Waals surface area contributed by atoms with E-state index in [0.717, 1.165) is 0 Å². The van der Waals surface area contributed by atoms with Crippen molar-refractivity contribution in [3.05, 3.63) is 102 Å². The summed E-state index contributed by atoms with van der Waals surface area (Å²) in [6.07, 6.45) is -1.25. The van der Waals surface area contributed by atoms with Crippen LogP contribution < -0.4 is 15.4 Å². The van der Waals surface area contributed by atoms with Crippen molar-refractivity contribution in [3.63, 3.8) is 0 Å². The Kier molecular flexibility index (Phi) is 8.75. The van der Waals surface area contributed by atoms with Crippen LogP contribution >= 0.6 is 0 Å². The molecule has 206 valence electrons. The molecule has 10 nitrogen and oxygen atoms in total. The largest absolute Gasteiger partial charge is 0.479 e. The number of hydrogen-bond donors (Lipinski definition) is 3. The van der Waals surface area contributed by atoms with Crippen LogP contribution in [-0.2, 0) is 16.1 Å². The Morgan fingerprint density at radius 2 is 1.70 bits per heavy atom. The van der Waals surface area contributed by atoms with E-state index in [1.807, 2.05) is 0 Å². The maximum absolute atomic E-state index is 13.9. The summed E-state index contributed by atoms with van der Waals surface area (Å²) in [5, 5.41) is 18.4. The maximum Gasteiger partial charge on any atom is 0.408 e. The van der Waals surface area contributed by atoms with Gasteiger partial charge in [-0.05, 0) is 44.2 Å². The third kappa shape index (κ3) is 6.81. The summed E-state index contributed by atoms with van der Waals surface area (Å²) in [6.45, 7) is 3.00. The molecule has 1 aromatic heterocycles. The number of benzene rings is 3. The van der Waals surface area contributed by atoms with Crippen molar-refractivity contribution in [3.8, 4) is 17.0 Å². The zero-order chi connectivity index (χ0) is 28.6. The van der Waals surface area contributed by atoms with Gasteiger partial charge in [-0.3, -0.25) is 4.79 Å². The molecular formula is C29H26FN3O7. The molecule has 2 amide bonds. The van der Waals surface area contributed by atoms with Crippen LogP contribution in [0.25, 0.3) is 11.3 Å². The summed E-state index contributed by atoms with van der Waals surface area (Å²) in [5.74, 6) is -1.80. The first-order chi connectivity index (χ1) is 19.2. The van der Waals surface area contributed by atoms with E-state index in [0.29, 0.717) is 28.1 Å². The molecule has 11 heteroatoms. The van der Waals surface area contributed by atoms with E-state index in [2.05, 4.69) is 15.8 Å². The summed E-state index contributed by atoms with van der Waals surface area (Å²) in [7, 11) is 0. The number of halogens is 1. The number of aliphatic carboxylic acids is 1. The van der Waals surface area contributed by atoms with Gasteiger partial charge in [0.05, 0.1) is 12.2 Å². The highest BCUT2D eigenvalue weighted by molar-refractivity contribution is 6.05. The van der Waals surface area contributed by atoms with Crippen molar-refractivity contribution in [2.75, 3.05) is 5.32 Å². The van der Waals surface area contributed by atoms with Crippen molar-refractivity contribution in [1.29, 1.82) is 0 Å². The number of nitrogens with zero attached hydrogens (tertiary/aromatic N) is 1. The highest BCUT2D eigenvalue weighted by Crippen LogP contribution is 2.27. The highest BCUT2D eigenvalue weighted by atomic mass is 19.1. The van der Waals surface area contributed by atoms with Gasteiger partial charge in [0.1, 0.15) is 29.6 Å². The van der Waals surface area contributed by atoms with Gasteiger partial charge in [0, 0.05) is 22.3 Å². The van der Waals surface area contributed by atoms with E-state index in [1.165, 1.54) is 19.3 Å². The molecule has 4 aromatic rings. The number of para-hydroxylation sites is 2. The first-order valence-corrected chi connectivity index (χ1v) is 12.3. The molecule has 0 aliphatic rings. The van der Waals surface area contributed by atoms with Crippen LogP contribution in [0, 0.1) is 5.82 Å². The molecule has 4 rings (SSSR count). The number of aromatic nitrogens is 1. The lowest BCUT2D eigenvalue weighted by atomic mass is 10.1. The number of rotatable bonds is 10. The zero-order valence-electron chi connectivity index (χ0n) is 21.6. The Bertz CT molecular complexity index is 1500. The Hall–Kier alpha value is -5.19. The van der Waals surface area contributed by atoms with Gasteiger partial charge in [-0.2, -0.15) is 0 Å². The Labute approximate surface area is 228 Å². The molecule has 3 aromatic carbocycles. The number of carboxylic acid groups (broad SMARTS) is 1. The summed E-state index contributed by atoms with van der Waals surface area (Å²) in [6, 6.07) is 19.1. The number of alkyl carbamates (subject to hydrolysis) is 1. The molecule has 2 unspecified atom stereocenters. The second-order valence-corrected chi connectivity index (χ2v) is 8.74. The molecule has 1 heterocycles. The van der Waals surface area contributed by atoms with Crippen molar-refractivity contribution in [2.24, 2.45) is 0 Å². The van der Waals surface area contributed by atoms with Gasteiger partial charge in [0.25, 0.3) is 5.91 Å². The van der Waals surface area contributed by atoms with Gasteiger partial charge in [-0.25, -0.2) is 14.0 Å². The molecule has 40 heavy (non-hydrogen) atoms. The number of anilines is 1. The fourth-order valence-corrected chi connectivity index (χ4v) is 3.75. The minimum absolute atomic E-state index is 0.0371. The van der Waals surface area contributed by atoms with Crippen molar-refractivity contribution >= 4 is 23.7 Å². The lowest BCUT2D eigenvalue weighted by molar-refractivity contribution is -0.144. The average Bonchev–Trinajstić information content (AvgIpc) is 3.42. The molecule has 0 fully saturated rings. The van der Waals surface area contributed by atoms with E-state index in [1.54, 1.807) is 73.7 Å². The molecule has 0 saturated carbocycles. The van der Waals surface area contributed by atoms with Crippen LogP contribution in [0.15, 0.2) is 83.6 Å². The molecule has 3 N–H and O–H groups in total. The summed E-state index contributed by atoms with van der Waals surface area (Å²) in [5.41, 5.74) is 2.57. The molecule has 2 atom stereocenters. The number of hydrogen-bond acceptors (Lipinski definition) is 7. The lowest BCUT2D eigenvalue weighted by Crippen LogP contribution is -2.25. The van der Waals surface area contributed by atoms with E-state index < -0.39 is 36.0 Å². The van der Waals surface area contributed by atoms with Gasteiger partial charge in [-0.15, -0.1) is 0 Å². The van der Waals surface area contributed by atoms with Gasteiger partial charge in [0.2, 0.25) is 0 Å². The van der Waals surface area contributed by atoms with Crippen LogP contribution in [0.4, 0.5) is 14.9 Å². The van der Waals surface area contributed by atoms with Crippen molar-refractivity contribution in [1.82, 2.24) is 10.5 Å². The number of nitrogens with one attached hydrogen (secondary N) is 2. The number of carbonyl (C=O) groups is 3. The summed E-state index contributed by atoms with van der Waals surface area (Å²) in [4.78, 5) is 36.2. The number of amides is 2. The van der Waals surface area contributed by atoms with Gasteiger partial charge >= 0.3 is 12.1 Å². The first kappa shape index (κ1) is 27.8. The quantitative estimate of drug-likeness (QED) is 0.234. The Balaban J connectivity index is 1.37. The molecule has 0 aliphatic carbocycles. The molecule has 0 saturated heterocycles. The molecule has 0 spiro atoms. The van der Waals surface area contributed by atoms with Crippen LogP contribution in [0.2, 0.25) is 0 Å². The van der Waals surface area contributed by atoms with E-state index in [4.69, 9.17) is 19.1 Å². The second kappa shape index (κ2) is 12.6. The third-order valence-electron chi connectivity index (χ3n) is 5.90. The summed E-state index contributed by atoms with van der Waals surface area (Å²) < 4.78 is 29.7. The van der Waals surface area contributed by atoms with Crippen LogP contribution in [0.5, 0.6) is 5.75 Å². The second-order valence-electron chi connectivity index (χ2n) is 8.74. The molecular weight excluding hydrogens is 521 g/mol. The lowest BCUT2D eigenvalue weighted by Gasteiger charge is -2.15. The normalized spacial score (nSPS) is 12.2. The summed E-state index contributed by atoms with van der Waals surface area (Å²) >= 11 is 0. The Morgan fingerprint density at radius 1 is 1.00 bits per heavy atom. The minimum Gasteiger partial charge on any atom is -0.479 e. The molecule has 0 bridgehead atoms. The predicted octanol–water partition coefficient (Wildman–Crippen LogP) is 5.57. The van der Waals surface area contributed by atoms with Crippen LogP contribution in [-0.4, -0.2) is 34.3 Å². The predicted molar refractivity (Wildman–Crippen MR) is 142 cm³/mol. The zero-order valence-corrected chi connectivity index (χ0v) is 21.6. The van der Waals surface area contributed by atoms with E-state index in [9.17, 15) is 18.8 Å². The Morgan fingerprint density at radius 3 is 2.42 bits per heavy atom. The van der Waals surface area contributed by atoms with Crippen LogP contribution in [0.1, 0.15) is 41.4 Å². The van der Waals surface area contributed by atoms with E-state index in [-0.39, 0.29) is 17.9 Å². The van der Waals surface area contributed by atoms with Crippen molar-refractivity contribution in [2.45, 2.75) is 32.6 Å². The van der Waals surface area contributed by atoms with Gasteiger partial charge in [0.15, 0.2) is 6.10 Å². The van der Waals surface area contributed by atoms with Gasteiger partial charge in [-0.1, -0.05) is 47.6 Å². The molecule has 0 aliphatic heterocycles. The topological polar surface area (TPSA) is 140 Å². The van der Waals surface area contributed by atoms with E-state index >= 15 is 0 Å². The average molecular weight is 548 g/mol. The number of ether oxygens (including phenoxy) is 2.